The number of ether oxygens (including phenoxy) is 1. The minimum Gasteiger partial charge on any atom is -0.495 e. The minimum absolute atomic E-state index is 0.693. The maximum absolute atomic E-state index is 5.18. The Labute approximate surface area is 89.2 Å². The summed E-state index contributed by atoms with van der Waals surface area (Å²) in [4.78, 5) is 4.19. The quantitative estimate of drug-likeness (QED) is 0.785. The summed E-state index contributed by atoms with van der Waals surface area (Å²) in [6.45, 7) is 2.24. The Hall–Kier alpha value is -1.35. The summed E-state index contributed by atoms with van der Waals surface area (Å²) < 4.78 is 5.18. The molecule has 3 nitrogen and oxygen atoms in total. The number of fused-ring (bicyclic) bond motifs is 1. The van der Waals surface area contributed by atoms with Crippen LogP contribution in [0.1, 0.15) is 5.56 Å². The summed E-state index contributed by atoms with van der Waals surface area (Å²) in [6, 6.07) is 2.06. The second-order valence-electron chi connectivity index (χ2n) is 4.16. The molecule has 0 radical (unpaired) electrons. The molecule has 0 amide bonds. The van der Waals surface area contributed by atoms with Gasteiger partial charge in [0.15, 0.2) is 0 Å². The highest BCUT2D eigenvalue weighted by molar-refractivity contribution is 5.74. The van der Waals surface area contributed by atoms with Gasteiger partial charge in [0.2, 0.25) is 0 Å². The number of nitrogens with zero attached hydrogens (tertiary/aromatic N) is 1. The van der Waals surface area contributed by atoms with Gasteiger partial charge >= 0.3 is 0 Å². The zero-order valence-electron chi connectivity index (χ0n) is 8.73. The molecule has 3 heteroatoms. The highest BCUT2D eigenvalue weighted by atomic mass is 16.5. The van der Waals surface area contributed by atoms with Crippen molar-refractivity contribution in [2.75, 3.05) is 20.2 Å². The van der Waals surface area contributed by atoms with Gasteiger partial charge in [-0.05, 0) is 23.1 Å². The Morgan fingerprint density at radius 1 is 1.40 bits per heavy atom. The topological polar surface area (TPSA) is 34.1 Å². The minimum atomic E-state index is 0.693. The zero-order chi connectivity index (χ0) is 10.3. The van der Waals surface area contributed by atoms with Gasteiger partial charge in [0.25, 0.3) is 0 Å². The largest absolute Gasteiger partial charge is 0.495 e. The SMILES string of the molecule is COc1cncc(C2=C[C@@H]3CNC[C@H]23)c1. The summed E-state index contributed by atoms with van der Waals surface area (Å²) in [5.41, 5.74) is 2.63. The third kappa shape index (κ3) is 1.35. The number of aromatic nitrogens is 1. The van der Waals surface area contributed by atoms with Crippen LogP contribution in [0.15, 0.2) is 24.5 Å². The smallest absolute Gasteiger partial charge is 0.137 e. The molecule has 0 saturated carbocycles. The molecule has 0 spiro atoms. The Kier molecular flexibility index (Phi) is 1.99. The van der Waals surface area contributed by atoms with E-state index in [1.165, 1.54) is 11.1 Å². The highest BCUT2D eigenvalue weighted by Crippen LogP contribution is 2.42. The first kappa shape index (κ1) is 8.92. The van der Waals surface area contributed by atoms with Crippen LogP contribution in [0, 0.1) is 11.8 Å². The van der Waals surface area contributed by atoms with Crippen LogP contribution in [-0.4, -0.2) is 25.2 Å². The fourth-order valence-corrected chi connectivity index (χ4v) is 2.45. The van der Waals surface area contributed by atoms with Gasteiger partial charge in [0.1, 0.15) is 5.75 Å². The molecule has 1 aliphatic carbocycles. The van der Waals surface area contributed by atoms with Crippen LogP contribution in [0.5, 0.6) is 5.75 Å². The van der Waals surface area contributed by atoms with E-state index >= 15 is 0 Å². The molecule has 1 aliphatic heterocycles. The van der Waals surface area contributed by atoms with Gasteiger partial charge in [-0.3, -0.25) is 4.98 Å². The van der Waals surface area contributed by atoms with Crippen LogP contribution >= 0.6 is 0 Å². The van der Waals surface area contributed by atoms with Crippen molar-refractivity contribution in [3.05, 3.63) is 30.1 Å². The Morgan fingerprint density at radius 3 is 3.13 bits per heavy atom. The van der Waals surface area contributed by atoms with Crippen molar-refractivity contribution >= 4 is 5.57 Å². The lowest BCUT2D eigenvalue weighted by Gasteiger charge is -2.29. The summed E-state index contributed by atoms with van der Waals surface area (Å²) in [6.07, 6.45) is 6.01. The average Bonchev–Trinajstić information content (AvgIpc) is 2.61. The number of hydrogen-bond acceptors (Lipinski definition) is 3. The van der Waals surface area contributed by atoms with Crippen LogP contribution in [0.2, 0.25) is 0 Å². The van der Waals surface area contributed by atoms with Gasteiger partial charge in [-0.25, -0.2) is 0 Å². The molecular weight excluding hydrogens is 188 g/mol. The first-order chi connectivity index (χ1) is 7.38. The van der Waals surface area contributed by atoms with E-state index in [2.05, 4.69) is 22.4 Å². The molecule has 0 unspecified atom stereocenters. The van der Waals surface area contributed by atoms with Crippen LogP contribution in [0.25, 0.3) is 5.57 Å². The third-order valence-corrected chi connectivity index (χ3v) is 3.34. The molecular formula is C12H14N2O. The van der Waals surface area contributed by atoms with Gasteiger partial charge in [-0.1, -0.05) is 6.08 Å². The van der Waals surface area contributed by atoms with Crippen LogP contribution in [0.4, 0.5) is 0 Å². The fourth-order valence-electron chi connectivity index (χ4n) is 2.45. The van der Waals surface area contributed by atoms with E-state index in [9.17, 15) is 0 Å². The van der Waals surface area contributed by atoms with E-state index in [1.807, 2.05) is 6.20 Å². The summed E-state index contributed by atoms with van der Waals surface area (Å²) in [5, 5.41) is 3.41. The average molecular weight is 202 g/mol. The highest BCUT2D eigenvalue weighted by Gasteiger charge is 2.36. The molecule has 78 valence electrons. The standard InChI is InChI=1S/C12H14N2O/c1-15-10-2-8(4-13-6-10)11-3-9-5-14-7-12(9)11/h2-4,6,9,12,14H,5,7H2,1H3/t9-,12+/m1/s1. The van der Waals surface area contributed by atoms with Crippen LogP contribution in [-0.2, 0) is 0 Å². The molecule has 1 aromatic rings. The lowest BCUT2D eigenvalue weighted by atomic mass is 9.74. The molecule has 2 heterocycles. The van der Waals surface area contributed by atoms with E-state index < -0.39 is 0 Å². The number of pyridine rings is 1. The summed E-state index contributed by atoms with van der Waals surface area (Å²) >= 11 is 0. The molecule has 1 saturated heterocycles. The predicted octanol–water partition coefficient (Wildman–Crippen LogP) is 1.32. The van der Waals surface area contributed by atoms with Gasteiger partial charge in [0.05, 0.1) is 13.3 Å². The normalized spacial score (nSPS) is 27.9. The zero-order valence-corrected chi connectivity index (χ0v) is 8.73. The Balaban J connectivity index is 1.90. The summed E-state index contributed by atoms with van der Waals surface area (Å²) in [7, 11) is 1.68. The van der Waals surface area contributed by atoms with Crippen molar-refractivity contribution < 1.29 is 4.74 Å². The molecule has 15 heavy (non-hydrogen) atoms. The maximum atomic E-state index is 5.18. The molecule has 0 bridgehead atoms. The molecule has 1 N–H and O–H groups in total. The fraction of sp³-hybridized carbons (Fsp3) is 0.417. The lowest BCUT2D eigenvalue weighted by molar-refractivity contribution is 0.412. The van der Waals surface area contributed by atoms with Crippen molar-refractivity contribution in [1.29, 1.82) is 0 Å². The second-order valence-corrected chi connectivity index (χ2v) is 4.16. The number of hydrogen-bond donors (Lipinski definition) is 1. The van der Waals surface area contributed by atoms with Crippen molar-refractivity contribution in [2.24, 2.45) is 11.8 Å². The number of rotatable bonds is 2. The monoisotopic (exact) mass is 202 g/mol. The molecule has 2 aliphatic rings. The van der Waals surface area contributed by atoms with Crippen molar-refractivity contribution in [3.8, 4) is 5.75 Å². The van der Waals surface area contributed by atoms with E-state index in [0.29, 0.717) is 5.92 Å². The van der Waals surface area contributed by atoms with E-state index in [-0.39, 0.29) is 0 Å². The van der Waals surface area contributed by atoms with Gasteiger partial charge in [-0.15, -0.1) is 0 Å². The van der Waals surface area contributed by atoms with Crippen LogP contribution in [0.3, 0.4) is 0 Å². The lowest BCUT2D eigenvalue weighted by Crippen LogP contribution is -2.22. The molecule has 0 aromatic carbocycles. The molecule has 3 rings (SSSR count). The third-order valence-electron chi connectivity index (χ3n) is 3.34. The second kappa shape index (κ2) is 3.35. The van der Waals surface area contributed by atoms with Crippen LogP contribution < -0.4 is 10.1 Å². The van der Waals surface area contributed by atoms with E-state index in [4.69, 9.17) is 4.74 Å². The number of nitrogens with one attached hydrogen (secondary N) is 1. The number of methoxy groups -OCH3 is 1. The van der Waals surface area contributed by atoms with E-state index in [0.717, 1.165) is 24.8 Å². The first-order valence-electron chi connectivity index (χ1n) is 5.30. The Bertz CT molecular complexity index is 414. The molecule has 1 aromatic heterocycles. The van der Waals surface area contributed by atoms with Crippen molar-refractivity contribution in [1.82, 2.24) is 10.3 Å². The summed E-state index contributed by atoms with van der Waals surface area (Å²) in [5.74, 6) is 2.27. The van der Waals surface area contributed by atoms with Gasteiger partial charge in [0, 0.05) is 25.2 Å². The van der Waals surface area contributed by atoms with E-state index in [1.54, 1.807) is 13.3 Å². The predicted molar refractivity (Wildman–Crippen MR) is 58.6 cm³/mol. The molecule has 1 fully saturated rings. The first-order valence-corrected chi connectivity index (χ1v) is 5.30. The van der Waals surface area contributed by atoms with Gasteiger partial charge < -0.3 is 10.1 Å². The Morgan fingerprint density at radius 2 is 2.33 bits per heavy atom. The maximum Gasteiger partial charge on any atom is 0.137 e. The molecule has 2 atom stereocenters. The van der Waals surface area contributed by atoms with Crippen molar-refractivity contribution in [2.45, 2.75) is 0 Å². The van der Waals surface area contributed by atoms with Crippen molar-refractivity contribution in [3.63, 3.8) is 0 Å². The van der Waals surface area contributed by atoms with Gasteiger partial charge in [-0.2, -0.15) is 0 Å².